The molecule has 2 heterocycles. The number of ether oxygens (including phenoxy) is 4. The van der Waals surface area contributed by atoms with E-state index in [0.717, 1.165) is 0 Å². The van der Waals surface area contributed by atoms with Crippen molar-refractivity contribution in [3.05, 3.63) is 53.0 Å². The van der Waals surface area contributed by atoms with Gasteiger partial charge in [0.1, 0.15) is 13.2 Å². The number of fused-ring (bicyclic) bond motifs is 1. The molecule has 1 aliphatic heterocycles. The van der Waals surface area contributed by atoms with Crippen LogP contribution in [0.1, 0.15) is 16.1 Å². The normalized spacial score (nSPS) is 12.1. The van der Waals surface area contributed by atoms with Crippen molar-refractivity contribution in [1.82, 2.24) is 4.98 Å². The van der Waals surface area contributed by atoms with Crippen molar-refractivity contribution in [3.8, 4) is 23.0 Å². The van der Waals surface area contributed by atoms with Gasteiger partial charge in [-0.25, -0.2) is 4.98 Å². The zero-order valence-electron chi connectivity index (χ0n) is 17.5. The zero-order chi connectivity index (χ0) is 22.5. The van der Waals surface area contributed by atoms with Gasteiger partial charge in [-0.3, -0.25) is 14.9 Å². The van der Waals surface area contributed by atoms with E-state index in [1.807, 2.05) is 0 Å². The molecule has 1 aromatic heterocycles. The maximum atomic E-state index is 12.5. The maximum Gasteiger partial charge on any atom is 0.257 e. The fourth-order valence-electron chi connectivity index (χ4n) is 3.08. The first kappa shape index (κ1) is 21.4. The first-order valence-electron chi connectivity index (χ1n) is 9.73. The van der Waals surface area contributed by atoms with E-state index < -0.39 is 0 Å². The number of hydrogen-bond donors (Lipinski definition) is 2. The van der Waals surface area contributed by atoms with Crippen molar-refractivity contribution in [2.45, 2.75) is 6.42 Å². The molecule has 0 fully saturated rings. The highest BCUT2D eigenvalue weighted by Crippen LogP contribution is 2.32. The van der Waals surface area contributed by atoms with Crippen LogP contribution >= 0.6 is 11.3 Å². The van der Waals surface area contributed by atoms with Crippen LogP contribution < -0.4 is 29.6 Å². The second-order valence-electron chi connectivity index (χ2n) is 6.75. The predicted octanol–water partition coefficient (Wildman–Crippen LogP) is 3.37. The van der Waals surface area contributed by atoms with E-state index >= 15 is 0 Å². The van der Waals surface area contributed by atoms with Crippen LogP contribution in [-0.2, 0) is 11.2 Å². The van der Waals surface area contributed by atoms with Crippen LogP contribution in [0.4, 0.5) is 10.8 Å². The predicted molar refractivity (Wildman–Crippen MR) is 119 cm³/mol. The smallest absolute Gasteiger partial charge is 0.257 e. The van der Waals surface area contributed by atoms with E-state index in [-0.39, 0.29) is 18.2 Å². The monoisotopic (exact) mass is 455 g/mol. The number of carbonyl (C=O) groups excluding carboxylic acids is 2. The zero-order valence-corrected chi connectivity index (χ0v) is 18.3. The number of thiazole rings is 1. The molecule has 2 amide bonds. The topological polar surface area (TPSA) is 108 Å². The van der Waals surface area contributed by atoms with Gasteiger partial charge in [0.15, 0.2) is 28.1 Å². The number of benzene rings is 2. The van der Waals surface area contributed by atoms with Crippen LogP contribution in [0.15, 0.2) is 41.8 Å². The number of nitrogens with zero attached hydrogens (tertiary/aromatic N) is 1. The Morgan fingerprint density at radius 2 is 1.78 bits per heavy atom. The summed E-state index contributed by atoms with van der Waals surface area (Å²) in [7, 11) is 3.03. The quantitative estimate of drug-likeness (QED) is 0.562. The summed E-state index contributed by atoms with van der Waals surface area (Å²) in [5.41, 5.74) is 1.56. The van der Waals surface area contributed by atoms with Gasteiger partial charge < -0.3 is 24.3 Å². The summed E-state index contributed by atoms with van der Waals surface area (Å²) in [6, 6.07) is 10.1. The average Bonchev–Trinajstić information content (AvgIpc) is 3.24. The molecule has 10 heteroatoms. The second-order valence-corrected chi connectivity index (χ2v) is 7.61. The third-order valence-corrected chi connectivity index (χ3v) is 5.39. The van der Waals surface area contributed by atoms with E-state index in [2.05, 4.69) is 15.6 Å². The van der Waals surface area contributed by atoms with Crippen LogP contribution in [0.25, 0.3) is 0 Å². The Labute approximate surface area is 188 Å². The van der Waals surface area contributed by atoms with E-state index in [1.165, 1.54) is 25.6 Å². The SMILES string of the molecule is COc1ccc(C(=O)Nc2nc(CC(=O)Nc3ccc4c(c3)OCCO4)cs2)cc1OC. The molecule has 0 atom stereocenters. The highest BCUT2D eigenvalue weighted by Gasteiger charge is 2.15. The molecule has 0 saturated heterocycles. The number of nitrogens with one attached hydrogen (secondary N) is 2. The van der Waals surface area contributed by atoms with Gasteiger partial charge in [0, 0.05) is 22.7 Å². The molecule has 1 aliphatic rings. The van der Waals surface area contributed by atoms with E-state index in [9.17, 15) is 9.59 Å². The van der Waals surface area contributed by atoms with Crippen LogP contribution in [0.2, 0.25) is 0 Å². The van der Waals surface area contributed by atoms with Gasteiger partial charge in [-0.05, 0) is 30.3 Å². The number of methoxy groups -OCH3 is 2. The van der Waals surface area contributed by atoms with Crippen LogP contribution in [0, 0.1) is 0 Å². The standard InChI is InChI=1S/C22H21N3O6S/c1-28-16-5-3-13(9-18(16)29-2)21(27)25-22-24-15(12-32-22)11-20(26)23-14-4-6-17-19(10-14)31-8-7-30-17/h3-6,9-10,12H,7-8,11H2,1-2H3,(H,23,26)(H,24,25,27). The molecule has 0 spiro atoms. The molecule has 32 heavy (non-hydrogen) atoms. The molecular formula is C22H21N3O6S. The first-order valence-corrected chi connectivity index (χ1v) is 10.6. The summed E-state index contributed by atoms with van der Waals surface area (Å²) in [5, 5.41) is 7.68. The molecule has 166 valence electrons. The minimum absolute atomic E-state index is 0.0666. The van der Waals surface area contributed by atoms with Gasteiger partial charge in [0.05, 0.1) is 26.3 Å². The summed E-state index contributed by atoms with van der Waals surface area (Å²) in [6.45, 7) is 0.981. The fourth-order valence-corrected chi connectivity index (χ4v) is 3.79. The lowest BCUT2D eigenvalue weighted by Gasteiger charge is -2.18. The van der Waals surface area contributed by atoms with Gasteiger partial charge in [-0.1, -0.05) is 0 Å². The number of aromatic nitrogens is 1. The third kappa shape index (κ3) is 4.92. The third-order valence-electron chi connectivity index (χ3n) is 4.59. The number of anilines is 2. The van der Waals surface area contributed by atoms with Crippen molar-refractivity contribution >= 4 is 34.0 Å². The maximum absolute atomic E-state index is 12.5. The van der Waals surface area contributed by atoms with Crippen LogP contribution in [0.3, 0.4) is 0 Å². The molecule has 2 N–H and O–H groups in total. The number of hydrogen-bond acceptors (Lipinski definition) is 8. The number of carbonyl (C=O) groups is 2. The minimum Gasteiger partial charge on any atom is -0.493 e. The van der Waals surface area contributed by atoms with E-state index in [1.54, 1.807) is 41.8 Å². The Morgan fingerprint density at radius 1 is 1.00 bits per heavy atom. The summed E-state index contributed by atoms with van der Waals surface area (Å²) in [5.74, 6) is 1.67. The average molecular weight is 455 g/mol. The van der Waals surface area contributed by atoms with Gasteiger partial charge in [0.2, 0.25) is 5.91 Å². The lowest BCUT2D eigenvalue weighted by Crippen LogP contribution is -2.17. The van der Waals surface area contributed by atoms with Crippen molar-refractivity contribution < 1.29 is 28.5 Å². The molecule has 0 saturated carbocycles. The largest absolute Gasteiger partial charge is 0.493 e. The molecule has 0 aliphatic carbocycles. The number of rotatable bonds is 7. The van der Waals surface area contributed by atoms with E-state index in [4.69, 9.17) is 18.9 Å². The Hall–Kier alpha value is -3.79. The lowest BCUT2D eigenvalue weighted by molar-refractivity contribution is -0.115. The Balaban J connectivity index is 1.35. The van der Waals surface area contributed by atoms with Crippen molar-refractivity contribution in [2.24, 2.45) is 0 Å². The van der Waals surface area contributed by atoms with Gasteiger partial charge in [0.25, 0.3) is 5.91 Å². The summed E-state index contributed by atoms with van der Waals surface area (Å²) in [4.78, 5) is 29.3. The van der Waals surface area contributed by atoms with Crippen molar-refractivity contribution in [3.63, 3.8) is 0 Å². The van der Waals surface area contributed by atoms with Crippen LogP contribution in [-0.4, -0.2) is 44.2 Å². The summed E-state index contributed by atoms with van der Waals surface area (Å²) in [6.07, 6.45) is 0.0666. The Kier molecular flexibility index (Phi) is 6.41. The highest BCUT2D eigenvalue weighted by molar-refractivity contribution is 7.14. The molecule has 0 unspecified atom stereocenters. The van der Waals surface area contributed by atoms with Crippen molar-refractivity contribution in [2.75, 3.05) is 38.1 Å². The van der Waals surface area contributed by atoms with E-state index in [0.29, 0.717) is 58.3 Å². The van der Waals surface area contributed by atoms with Gasteiger partial charge in [-0.2, -0.15) is 0 Å². The summed E-state index contributed by atoms with van der Waals surface area (Å²) >= 11 is 1.24. The van der Waals surface area contributed by atoms with Crippen molar-refractivity contribution in [1.29, 1.82) is 0 Å². The van der Waals surface area contributed by atoms with Gasteiger partial charge in [-0.15, -0.1) is 11.3 Å². The fraction of sp³-hybridized carbons (Fsp3) is 0.227. The Bertz CT molecular complexity index is 1150. The molecular weight excluding hydrogens is 434 g/mol. The Morgan fingerprint density at radius 3 is 2.56 bits per heavy atom. The lowest BCUT2D eigenvalue weighted by atomic mass is 10.2. The van der Waals surface area contributed by atoms with Gasteiger partial charge >= 0.3 is 0 Å². The molecule has 2 aromatic carbocycles. The molecule has 0 radical (unpaired) electrons. The first-order chi connectivity index (χ1) is 15.6. The highest BCUT2D eigenvalue weighted by atomic mass is 32.1. The molecule has 4 rings (SSSR count). The molecule has 9 nitrogen and oxygen atoms in total. The van der Waals surface area contributed by atoms with Crippen LogP contribution in [0.5, 0.6) is 23.0 Å². The summed E-state index contributed by atoms with van der Waals surface area (Å²) < 4.78 is 21.4. The second kappa shape index (κ2) is 9.56. The number of amides is 2. The molecule has 0 bridgehead atoms. The minimum atomic E-state index is -0.340. The molecule has 3 aromatic rings.